The van der Waals surface area contributed by atoms with Crippen molar-refractivity contribution in [1.29, 1.82) is 0 Å². The molecule has 132 valence electrons. The largest absolute Gasteiger partial charge is 0.459 e. The van der Waals surface area contributed by atoms with Gasteiger partial charge in [-0.2, -0.15) is 0 Å². The number of anilines is 1. The summed E-state index contributed by atoms with van der Waals surface area (Å²) in [5.74, 6) is -1.23. The fourth-order valence-corrected chi connectivity index (χ4v) is 2.13. The number of ether oxygens (including phenoxy) is 1. The Balaban J connectivity index is 1.67. The maximum absolute atomic E-state index is 11.8. The predicted molar refractivity (Wildman–Crippen MR) is 91.2 cm³/mol. The van der Waals surface area contributed by atoms with Gasteiger partial charge < -0.3 is 19.8 Å². The van der Waals surface area contributed by atoms with Gasteiger partial charge in [0.1, 0.15) is 0 Å². The van der Waals surface area contributed by atoms with Crippen LogP contribution in [0.15, 0.2) is 41.0 Å². The lowest BCUT2D eigenvalue weighted by Crippen LogP contribution is -2.27. The van der Waals surface area contributed by atoms with Gasteiger partial charge in [0.2, 0.25) is 0 Å². The van der Waals surface area contributed by atoms with Crippen LogP contribution in [0.4, 0.5) is 5.69 Å². The summed E-state index contributed by atoms with van der Waals surface area (Å²) in [5.41, 5.74) is 2.70. The molecule has 0 spiro atoms. The number of esters is 1. The maximum Gasteiger partial charge on any atom is 0.308 e. The van der Waals surface area contributed by atoms with Crippen molar-refractivity contribution in [3.05, 3.63) is 53.5 Å². The molecule has 2 N–H and O–H groups in total. The number of carbonyl (C=O) groups excluding carboxylic acids is 3. The minimum Gasteiger partial charge on any atom is -0.459 e. The number of benzene rings is 1. The summed E-state index contributed by atoms with van der Waals surface area (Å²) < 4.78 is 9.81. The van der Waals surface area contributed by atoms with Crippen LogP contribution in [0.5, 0.6) is 0 Å². The molecule has 1 aromatic carbocycles. The molecule has 0 saturated heterocycles. The number of amides is 2. The summed E-state index contributed by atoms with van der Waals surface area (Å²) >= 11 is 0. The second kappa shape index (κ2) is 8.68. The van der Waals surface area contributed by atoms with Gasteiger partial charge in [0.05, 0.1) is 12.7 Å². The summed E-state index contributed by atoms with van der Waals surface area (Å²) in [6.45, 7) is 3.57. The molecule has 0 aliphatic carbocycles. The Kier molecular flexibility index (Phi) is 6.33. The molecule has 0 radical (unpaired) electrons. The van der Waals surface area contributed by atoms with E-state index >= 15 is 0 Å². The summed E-state index contributed by atoms with van der Waals surface area (Å²) in [7, 11) is 0. The monoisotopic (exact) mass is 344 g/mol. The van der Waals surface area contributed by atoms with Gasteiger partial charge in [-0.25, -0.2) is 0 Å². The molecular formula is C18H20N2O5. The standard InChI is InChI=1S/C18H20N2O5/c1-12-5-6-14(13(2)10-12)20-16(21)11-25-17(22)7-8-19-18(23)15-4-3-9-24-15/h3-6,9-10H,7-8,11H2,1-2H3,(H,19,23)(H,20,21). The van der Waals surface area contributed by atoms with Crippen LogP contribution in [-0.4, -0.2) is 30.9 Å². The van der Waals surface area contributed by atoms with Gasteiger partial charge in [0.25, 0.3) is 11.8 Å². The first-order chi connectivity index (χ1) is 12.0. The van der Waals surface area contributed by atoms with E-state index in [2.05, 4.69) is 10.6 Å². The first-order valence-corrected chi connectivity index (χ1v) is 7.80. The molecule has 1 heterocycles. The number of carbonyl (C=O) groups is 3. The topological polar surface area (TPSA) is 97.6 Å². The fourth-order valence-electron chi connectivity index (χ4n) is 2.13. The molecule has 1 aromatic heterocycles. The van der Waals surface area contributed by atoms with Crippen LogP contribution in [0, 0.1) is 13.8 Å². The average molecular weight is 344 g/mol. The predicted octanol–water partition coefficient (Wildman–Crippen LogP) is 2.20. The zero-order valence-electron chi connectivity index (χ0n) is 14.1. The van der Waals surface area contributed by atoms with Crippen molar-refractivity contribution < 1.29 is 23.5 Å². The molecule has 0 atom stereocenters. The Labute approximate surface area is 145 Å². The first kappa shape index (κ1) is 18.3. The second-order valence-corrected chi connectivity index (χ2v) is 5.51. The third-order valence-corrected chi connectivity index (χ3v) is 3.38. The lowest BCUT2D eigenvalue weighted by Gasteiger charge is -2.09. The molecule has 0 saturated carbocycles. The van der Waals surface area contributed by atoms with E-state index in [1.807, 2.05) is 26.0 Å². The molecular weight excluding hydrogens is 324 g/mol. The quantitative estimate of drug-likeness (QED) is 0.751. The molecule has 2 aromatic rings. The number of hydrogen-bond donors (Lipinski definition) is 2. The Morgan fingerprint density at radius 3 is 2.64 bits per heavy atom. The first-order valence-electron chi connectivity index (χ1n) is 7.80. The van der Waals surface area contributed by atoms with Crippen molar-refractivity contribution in [2.45, 2.75) is 20.3 Å². The van der Waals surface area contributed by atoms with Crippen molar-refractivity contribution in [1.82, 2.24) is 5.32 Å². The fraction of sp³-hybridized carbons (Fsp3) is 0.278. The molecule has 25 heavy (non-hydrogen) atoms. The van der Waals surface area contributed by atoms with Gasteiger partial charge in [-0.3, -0.25) is 14.4 Å². The molecule has 0 fully saturated rings. The van der Waals surface area contributed by atoms with Crippen molar-refractivity contribution in [2.24, 2.45) is 0 Å². The van der Waals surface area contributed by atoms with E-state index in [0.717, 1.165) is 11.1 Å². The van der Waals surface area contributed by atoms with Crippen molar-refractivity contribution in [3.8, 4) is 0 Å². The summed E-state index contributed by atoms with van der Waals surface area (Å²) in [6.07, 6.45) is 1.35. The van der Waals surface area contributed by atoms with Crippen molar-refractivity contribution in [2.75, 3.05) is 18.5 Å². The van der Waals surface area contributed by atoms with Gasteiger partial charge in [-0.05, 0) is 37.6 Å². The number of aryl methyl sites for hydroxylation is 2. The highest BCUT2D eigenvalue weighted by atomic mass is 16.5. The number of hydrogen-bond acceptors (Lipinski definition) is 5. The van der Waals surface area contributed by atoms with Crippen LogP contribution < -0.4 is 10.6 Å². The molecule has 2 rings (SSSR count). The molecule has 7 nitrogen and oxygen atoms in total. The average Bonchev–Trinajstić information content (AvgIpc) is 3.10. The van der Waals surface area contributed by atoms with E-state index in [1.165, 1.54) is 12.3 Å². The van der Waals surface area contributed by atoms with Gasteiger partial charge in [-0.15, -0.1) is 0 Å². The maximum atomic E-state index is 11.8. The lowest BCUT2D eigenvalue weighted by molar-refractivity contribution is -0.147. The van der Waals surface area contributed by atoms with Crippen molar-refractivity contribution >= 4 is 23.5 Å². The van der Waals surface area contributed by atoms with Crippen LogP contribution in [0.25, 0.3) is 0 Å². The molecule has 0 bridgehead atoms. The van der Waals surface area contributed by atoms with Crippen LogP contribution >= 0.6 is 0 Å². The van der Waals surface area contributed by atoms with E-state index < -0.39 is 17.8 Å². The van der Waals surface area contributed by atoms with Crippen LogP contribution in [-0.2, 0) is 14.3 Å². The van der Waals surface area contributed by atoms with Gasteiger partial charge in [0, 0.05) is 12.2 Å². The minimum atomic E-state index is -0.574. The smallest absolute Gasteiger partial charge is 0.308 e. The van der Waals surface area contributed by atoms with E-state index in [9.17, 15) is 14.4 Å². The van der Waals surface area contributed by atoms with E-state index in [0.29, 0.717) is 5.69 Å². The number of rotatable bonds is 7. The number of furan rings is 1. The van der Waals surface area contributed by atoms with E-state index in [1.54, 1.807) is 12.1 Å². The molecule has 0 aliphatic rings. The highest BCUT2D eigenvalue weighted by Crippen LogP contribution is 2.15. The lowest BCUT2D eigenvalue weighted by atomic mass is 10.1. The SMILES string of the molecule is Cc1ccc(NC(=O)COC(=O)CCNC(=O)c2ccco2)c(C)c1. The van der Waals surface area contributed by atoms with E-state index in [-0.39, 0.29) is 25.3 Å². The molecule has 0 aliphatic heterocycles. The Hall–Kier alpha value is -3.09. The summed E-state index contributed by atoms with van der Waals surface area (Å²) in [6, 6.07) is 8.75. The number of nitrogens with one attached hydrogen (secondary N) is 2. The third-order valence-electron chi connectivity index (χ3n) is 3.38. The van der Waals surface area contributed by atoms with Gasteiger partial charge >= 0.3 is 5.97 Å². The van der Waals surface area contributed by atoms with Gasteiger partial charge in [-0.1, -0.05) is 17.7 Å². The normalized spacial score (nSPS) is 10.2. The van der Waals surface area contributed by atoms with Crippen LogP contribution in [0.2, 0.25) is 0 Å². The Morgan fingerprint density at radius 1 is 1.16 bits per heavy atom. The molecule has 2 amide bonds. The molecule has 0 unspecified atom stereocenters. The second-order valence-electron chi connectivity index (χ2n) is 5.51. The van der Waals surface area contributed by atoms with Gasteiger partial charge in [0.15, 0.2) is 12.4 Å². The zero-order valence-corrected chi connectivity index (χ0v) is 14.1. The van der Waals surface area contributed by atoms with Crippen LogP contribution in [0.3, 0.4) is 0 Å². The summed E-state index contributed by atoms with van der Waals surface area (Å²) in [4.78, 5) is 35.0. The highest BCUT2D eigenvalue weighted by Gasteiger charge is 2.11. The zero-order chi connectivity index (χ0) is 18.2. The van der Waals surface area contributed by atoms with E-state index in [4.69, 9.17) is 9.15 Å². The summed E-state index contributed by atoms with van der Waals surface area (Å²) in [5, 5.41) is 5.21. The van der Waals surface area contributed by atoms with Crippen molar-refractivity contribution in [3.63, 3.8) is 0 Å². The Morgan fingerprint density at radius 2 is 1.96 bits per heavy atom. The third kappa shape index (κ3) is 5.80. The highest BCUT2D eigenvalue weighted by molar-refractivity contribution is 5.93. The van der Waals surface area contributed by atoms with Crippen LogP contribution in [0.1, 0.15) is 28.1 Å². The Bertz CT molecular complexity index is 753. The minimum absolute atomic E-state index is 0.0384. The molecule has 7 heteroatoms.